The fourth-order valence-electron chi connectivity index (χ4n) is 1.92. The van der Waals surface area contributed by atoms with E-state index in [9.17, 15) is 8.78 Å². The van der Waals surface area contributed by atoms with E-state index < -0.39 is 11.6 Å². The van der Waals surface area contributed by atoms with Crippen molar-refractivity contribution in [3.63, 3.8) is 0 Å². The van der Waals surface area contributed by atoms with Crippen LogP contribution in [0.3, 0.4) is 0 Å². The second-order valence-corrected chi connectivity index (χ2v) is 4.45. The Morgan fingerprint density at radius 3 is 2.63 bits per heavy atom. The molecule has 0 aliphatic carbocycles. The Balaban J connectivity index is 2.25. The van der Waals surface area contributed by atoms with E-state index in [0.717, 1.165) is 12.1 Å². The third-order valence-corrected chi connectivity index (χ3v) is 3.18. The highest BCUT2D eigenvalue weighted by atomic mass is 35.5. The second-order valence-electron chi connectivity index (χ2n) is 4.09. The largest absolute Gasteiger partial charge is 0.396 e. The minimum absolute atomic E-state index is 0.175. The van der Waals surface area contributed by atoms with E-state index >= 15 is 0 Å². The molecule has 3 nitrogen and oxygen atoms in total. The van der Waals surface area contributed by atoms with Crippen molar-refractivity contribution in [2.75, 3.05) is 5.73 Å². The summed E-state index contributed by atoms with van der Waals surface area (Å²) >= 11 is 5.86. The van der Waals surface area contributed by atoms with Gasteiger partial charge in [0.05, 0.1) is 11.4 Å². The van der Waals surface area contributed by atoms with Crippen LogP contribution >= 0.6 is 11.6 Å². The number of anilines is 1. The van der Waals surface area contributed by atoms with Crippen molar-refractivity contribution in [3.8, 4) is 11.3 Å². The number of pyridine rings is 1. The molecular formula is C13H8ClF2N3. The molecule has 3 N–H and O–H groups in total. The smallest absolute Gasteiger partial charge is 0.160 e. The lowest BCUT2D eigenvalue weighted by Crippen LogP contribution is -1.91. The van der Waals surface area contributed by atoms with Crippen LogP contribution in [0.25, 0.3) is 22.2 Å². The summed E-state index contributed by atoms with van der Waals surface area (Å²) in [6.07, 6.45) is 1.62. The van der Waals surface area contributed by atoms with E-state index in [2.05, 4.69) is 9.97 Å². The monoisotopic (exact) mass is 279 g/mol. The number of halogens is 3. The summed E-state index contributed by atoms with van der Waals surface area (Å²) in [5.74, 6) is -1.81. The molecule has 3 rings (SSSR count). The SMILES string of the molecule is Nc1ccc(-c2c[nH]c3cc(F)c(F)cc23)nc1Cl. The maximum Gasteiger partial charge on any atom is 0.160 e. The molecule has 0 unspecified atom stereocenters. The van der Waals surface area contributed by atoms with Crippen LogP contribution in [0.2, 0.25) is 5.15 Å². The van der Waals surface area contributed by atoms with Gasteiger partial charge in [0.2, 0.25) is 0 Å². The number of H-pyrrole nitrogens is 1. The van der Waals surface area contributed by atoms with E-state index in [4.69, 9.17) is 17.3 Å². The number of hydrogen-bond acceptors (Lipinski definition) is 2. The summed E-state index contributed by atoms with van der Waals surface area (Å²) in [5.41, 5.74) is 7.61. The number of nitrogens with two attached hydrogens (primary N) is 1. The number of nitrogens with one attached hydrogen (secondary N) is 1. The van der Waals surface area contributed by atoms with Gasteiger partial charge in [-0.15, -0.1) is 0 Å². The van der Waals surface area contributed by atoms with Crippen molar-refractivity contribution in [1.29, 1.82) is 0 Å². The Labute approximate surface area is 112 Å². The highest BCUT2D eigenvalue weighted by Gasteiger charge is 2.12. The molecule has 2 aromatic heterocycles. The van der Waals surface area contributed by atoms with Gasteiger partial charge in [0.25, 0.3) is 0 Å². The number of aromatic amines is 1. The zero-order chi connectivity index (χ0) is 13.6. The van der Waals surface area contributed by atoms with Crippen molar-refractivity contribution in [1.82, 2.24) is 9.97 Å². The first-order valence-electron chi connectivity index (χ1n) is 5.45. The Bertz CT molecular complexity index is 783. The summed E-state index contributed by atoms with van der Waals surface area (Å²) in [4.78, 5) is 6.99. The topological polar surface area (TPSA) is 54.7 Å². The van der Waals surface area contributed by atoms with E-state index in [1.807, 2.05) is 0 Å². The molecule has 6 heteroatoms. The molecule has 2 heterocycles. The molecule has 0 saturated heterocycles. The summed E-state index contributed by atoms with van der Waals surface area (Å²) < 4.78 is 26.4. The van der Waals surface area contributed by atoms with Crippen molar-refractivity contribution < 1.29 is 8.78 Å². The number of nitrogen functional groups attached to an aromatic ring is 1. The molecule has 0 atom stereocenters. The van der Waals surface area contributed by atoms with Gasteiger partial charge in [0.1, 0.15) is 0 Å². The molecule has 0 bridgehead atoms. The van der Waals surface area contributed by atoms with E-state index in [-0.39, 0.29) is 5.15 Å². The maximum atomic E-state index is 13.3. The van der Waals surface area contributed by atoms with Crippen molar-refractivity contribution >= 4 is 28.2 Å². The molecule has 96 valence electrons. The fraction of sp³-hybridized carbons (Fsp3) is 0. The van der Waals surface area contributed by atoms with Crippen LogP contribution in [0.1, 0.15) is 0 Å². The Morgan fingerprint density at radius 1 is 1.16 bits per heavy atom. The maximum absolute atomic E-state index is 13.3. The lowest BCUT2D eigenvalue weighted by atomic mass is 10.1. The Hall–Kier alpha value is -2.14. The zero-order valence-corrected chi connectivity index (χ0v) is 10.3. The number of fused-ring (bicyclic) bond motifs is 1. The number of benzene rings is 1. The lowest BCUT2D eigenvalue weighted by Gasteiger charge is -2.02. The van der Waals surface area contributed by atoms with Crippen molar-refractivity contribution in [2.45, 2.75) is 0 Å². The lowest BCUT2D eigenvalue weighted by molar-refractivity contribution is 0.511. The zero-order valence-electron chi connectivity index (χ0n) is 9.55. The van der Waals surface area contributed by atoms with Crippen molar-refractivity contribution in [2.24, 2.45) is 0 Å². The van der Waals surface area contributed by atoms with Gasteiger partial charge in [0, 0.05) is 28.7 Å². The van der Waals surface area contributed by atoms with Gasteiger partial charge in [-0.3, -0.25) is 0 Å². The molecule has 0 aliphatic heterocycles. The highest BCUT2D eigenvalue weighted by molar-refractivity contribution is 6.32. The normalized spacial score (nSPS) is 11.1. The molecule has 0 saturated carbocycles. The van der Waals surface area contributed by atoms with E-state index in [1.165, 1.54) is 0 Å². The van der Waals surface area contributed by atoms with Crippen LogP contribution in [-0.4, -0.2) is 9.97 Å². The van der Waals surface area contributed by atoms with E-state index in [1.54, 1.807) is 18.3 Å². The Kier molecular flexibility index (Phi) is 2.64. The molecular weight excluding hydrogens is 272 g/mol. The summed E-state index contributed by atoms with van der Waals surface area (Å²) in [5, 5.41) is 0.710. The first-order chi connectivity index (χ1) is 9.06. The van der Waals surface area contributed by atoms with E-state index in [0.29, 0.717) is 27.8 Å². The number of hydrogen-bond donors (Lipinski definition) is 2. The van der Waals surface area contributed by atoms with Gasteiger partial charge in [-0.25, -0.2) is 13.8 Å². The third-order valence-electron chi connectivity index (χ3n) is 2.88. The van der Waals surface area contributed by atoms with Crippen LogP contribution in [0, 0.1) is 11.6 Å². The summed E-state index contributed by atoms with van der Waals surface area (Å²) in [6, 6.07) is 5.52. The number of aromatic nitrogens is 2. The fourth-order valence-corrected chi connectivity index (χ4v) is 2.08. The molecule has 0 radical (unpaired) electrons. The van der Waals surface area contributed by atoms with Gasteiger partial charge < -0.3 is 10.7 Å². The molecule has 3 aromatic rings. The quantitative estimate of drug-likeness (QED) is 0.667. The van der Waals surface area contributed by atoms with Gasteiger partial charge in [0.15, 0.2) is 16.8 Å². The predicted molar refractivity (Wildman–Crippen MR) is 70.9 cm³/mol. The number of rotatable bonds is 1. The molecule has 0 fully saturated rings. The average molecular weight is 280 g/mol. The average Bonchev–Trinajstić information content (AvgIpc) is 2.76. The molecule has 0 amide bonds. The Morgan fingerprint density at radius 2 is 1.89 bits per heavy atom. The standard InChI is InChI=1S/C13H8ClF2N3/c14-13-10(17)1-2-11(19-13)7-5-18-12-4-9(16)8(15)3-6(7)12/h1-5,18H,17H2. The van der Waals surface area contributed by atoms with Crippen LogP contribution in [-0.2, 0) is 0 Å². The molecule has 19 heavy (non-hydrogen) atoms. The predicted octanol–water partition coefficient (Wildman–Crippen LogP) is 3.74. The molecule has 0 aliphatic rings. The minimum Gasteiger partial charge on any atom is -0.396 e. The first kappa shape index (κ1) is 11.9. The minimum atomic E-state index is -0.908. The van der Waals surface area contributed by atoms with Crippen LogP contribution in [0.5, 0.6) is 0 Å². The molecule has 1 aromatic carbocycles. The summed E-state index contributed by atoms with van der Waals surface area (Å²) in [6.45, 7) is 0. The van der Waals surface area contributed by atoms with Crippen LogP contribution < -0.4 is 5.73 Å². The second kappa shape index (κ2) is 4.20. The van der Waals surface area contributed by atoms with Gasteiger partial charge in [-0.05, 0) is 18.2 Å². The van der Waals surface area contributed by atoms with Crippen LogP contribution in [0.15, 0.2) is 30.5 Å². The van der Waals surface area contributed by atoms with Crippen molar-refractivity contribution in [3.05, 3.63) is 47.2 Å². The highest BCUT2D eigenvalue weighted by Crippen LogP contribution is 2.30. The van der Waals surface area contributed by atoms with Crippen LogP contribution in [0.4, 0.5) is 14.5 Å². The first-order valence-corrected chi connectivity index (χ1v) is 5.82. The summed E-state index contributed by atoms with van der Waals surface area (Å²) in [7, 11) is 0. The van der Waals surface area contributed by atoms with Gasteiger partial charge >= 0.3 is 0 Å². The number of nitrogens with zero attached hydrogens (tertiary/aromatic N) is 1. The van der Waals surface area contributed by atoms with Gasteiger partial charge in [-0.1, -0.05) is 11.6 Å². The molecule has 0 spiro atoms. The van der Waals surface area contributed by atoms with Gasteiger partial charge in [-0.2, -0.15) is 0 Å². The third kappa shape index (κ3) is 1.92.